The molecular formula is C34H35NO6. The molecule has 2 heterocycles. The number of rotatable bonds is 7. The fourth-order valence-corrected chi connectivity index (χ4v) is 6.08. The van der Waals surface area contributed by atoms with Gasteiger partial charge in [0.25, 0.3) is 0 Å². The zero-order valence-corrected chi connectivity index (χ0v) is 24.0. The number of carbonyl (C=O) groups excluding carboxylic acids is 2. The number of methoxy groups -OCH3 is 1. The largest absolute Gasteiger partial charge is 0.508 e. The number of dihydropyridines is 1. The number of carbonyl (C=O) groups is 2. The summed E-state index contributed by atoms with van der Waals surface area (Å²) in [5.41, 5.74) is 7.66. The van der Waals surface area contributed by atoms with E-state index < -0.39 is 30.1 Å². The number of phenols is 1. The molecule has 7 nitrogen and oxygen atoms in total. The third-order valence-electron chi connectivity index (χ3n) is 7.81. The van der Waals surface area contributed by atoms with Crippen molar-refractivity contribution >= 4 is 11.9 Å². The van der Waals surface area contributed by atoms with E-state index in [9.17, 15) is 14.7 Å². The van der Waals surface area contributed by atoms with Gasteiger partial charge in [-0.15, -0.1) is 0 Å². The van der Waals surface area contributed by atoms with Gasteiger partial charge in [0.05, 0.1) is 17.1 Å². The second kappa shape index (κ2) is 11.6. The second-order valence-electron chi connectivity index (χ2n) is 10.7. The molecule has 2 aliphatic rings. The second-order valence-corrected chi connectivity index (χ2v) is 10.7. The number of cyclic esters (lactones) is 1. The molecule has 0 amide bonds. The first-order valence-corrected chi connectivity index (χ1v) is 13.7. The summed E-state index contributed by atoms with van der Waals surface area (Å²) in [6.07, 6.45) is -0.484. The Morgan fingerprint density at radius 3 is 2.39 bits per heavy atom. The predicted molar refractivity (Wildman–Crippen MR) is 155 cm³/mol. The molecule has 5 rings (SSSR count). The molecule has 3 atom stereocenters. The molecule has 0 bridgehead atoms. The molecule has 0 spiro atoms. The van der Waals surface area contributed by atoms with Crippen molar-refractivity contribution in [2.45, 2.75) is 52.2 Å². The lowest BCUT2D eigenvalue weighted by molar-refractivity contribution is -0.147. The molecule has 2 N–H and O–H groups in total. The molecule has 0 aliphatic carbocycles. The maximum Gasteiger partial charge on any atom is 0.337 e. The van der Waals surface area contributed by atoms with Crippen molar-refractivity contribution in [1.29, 1.82) is 0 Å². The van der Waals surface area contributed by atoms with Crippen LogP contribution in [0, 0.1) is 20.8 Å². The van der Waals surface area contributed by atoms with Crippen molar-refractivity contribution < 1.29 is 28.9 Å². The zero-order valence-electron chi connectivity index (χ0n) is 24.0. The van der Waals surface area contributed by atoms with Gasteiger partial charge in [-0.05, 0) is 67.6 Å². The minimum atomic E-state index is -0.780. The standard InChI is InChI=1S/C34H35NO6/c1-19-14-20(2)29(21(3)15-19)27-17-26-32(34(38)41-27)31(24-12-9-13-25(36)16-24)30(22(4)35-26)33(37)40-18-28(39-5)23-10-7-6-8-11-23/h6-16,27-28,31,35-36H,17-18H2,1-5H3/t27?,28-,31?/m0/s1. The first-order chi connectivity index (χ1) is 19.7. The Kier molecular flexibility index (Phi) is 7.99. The van der Waals surface area contributed by atoms with Gasteiger partial charge < -0.3 is 24.6 Å². The molecule has 0 saturated heterocycles. The van der Waals surface area contributed by atoms with Crippen LogP contribution in [0.1, 0.15) is 64.9 Å². The van der Waals surface area contributed by atoms with Crippen LogP contribution in [0.15, 0.2) is 89.3 Å². The molecule has 2 aliphatic heterocycles. The maximum atomic E-state index is 13.8. The number of allylic oxidation sites excluding steroid dienone is 1. The molecule has 41 heavy (non-hydrogen) atoms. The van der Waals surface area contributed by atoms with Crippen LogP contribution in [0.25, 0.3) is 0 Å². The van der Waals surface area contributed by atoms with E-state index in [4.69, 9.17) is 14.2 Å². The van der Waals surface area contributed by atoms with Gasteiger partial charge in [0, 0.05) is 24.9 Å². The van der Waals surface area contributed by atoms with Crippen molar-refractivity contribution in [3.63, 3.8) is 0 Å². The Labute approximate surface area is 240 Å². The molecule has 7 heteroatoms. The van der Waals surface area contributed by atoms with Crippen molar-refractivity contribution in [1.82, 2.24) is 5.32 Å². The lowest BCUT2D eigenvalue weighted by Crippen LogP contribution is -2.37. The van der Waals surface area contributed by atoms with Crippen LogP contribution in [-0.2, 0) is 23.8 Å². The summed E-state index contributed by atoms with van der Waals surface area (Å²) in [7, 11) is 1.57. The summed E-state index contributed by atoms with van der Waals surface area (Å²) in [5, 5.41) is 13.6. The van der Waals surface area contributed by atoms with E-state index in [1.165, 1.54) is 0 Å². The Morgan fingerprint density at radius 1 is 1.02 bits per heavy atom. The van der Waals surface area contributed by atoms with Gasteiger partial charge in [0.1, 0.15) is 24.6 Å². The van der Waals surface area contributed by atoms with Crippen molar-refractivity contribution in [2.75, 3.05) is 13.7 Å². The van der Waals surface area contributed by atoms with Gasteiger partial charge in [0.2, 0.25) is 0 Å². The molecular weight excluding hydrogens is 518 g/mol. The summed E-state index contributed by atoms with van der Waals surface area (Å²) in [5.74, 6) is -1.83. The smallest absolute Gasteiger partial charge is 0.337 e. The lowest BCUT2D eigenvalue weighted by atomic mass is 9.78. The van der Waals surface area contributed by atoms with E-state index in [1.54, 1.807) is 38.3 Å². The van der Waals surface area contributed by atoms with Crippen LogP contribution < -0.4 is 5.32 Å². The van der Waals surface area contributed by atoms with E-state index in [1.807, 2.05) is 51.1 Å². The number of hydrogen-bond donors (Lipinski definition) is 2. The average Bonchev–Trinajstić information content (AvgIpc) is 2.92. The third kappa shape index (κ3) is 5.63. The van der Waals surface area contributed by atoms with Crippen LogP contribution >= 0.6 is 0 Å². The summed E-state index contributed by atoms with van der Waals surface area (Å²) < 4.78 is 17.4. The molecule has 0 radical (unpaired) electrons. The zero-order chi connectivity index (χ0) is 29.3. The number of esters is 2. The first-order valence-electron chi connectivity index (χ1n) is 13.7. The van der Waals surface area contributed by atoms with E-state index in [2.05, 4.69) is 17.4 Å². The van der Waals surface area contributed by atoms with Crippen molar-refractivity contribution in [2.24, 2.45) is 0 Å². The molecule has 0 saturated carbocycles. The van der Waals surface area contributed by atoms with E-state index in [-0.39, 0.29) is 17.9 Å². The summed E-state index contributed by atoms with van der Waals surface area (Å²) >= 11 is 0. The minimum absolute atomic E-state index is 0.00666. The van der Waals surface area contributed by atoms with Crippen LogP contribution in [0.3, 0.4) is 0 Å². The molecule has 0 aromatic heterocycles. The average molecular weight is 554 g/mol. The first kappa shape index (κ1) is 28.2. The quantitative estimate of drug-likeness (QED) is 0.339. The van der Waals surface area contributed by atoms with E-state index >= 15 is 0 Å². The number of aromatic hydroxyl groups is 1. The monoisotopic (exact) mass is 553 g/mol. The Hall–Kier alpha value is -4.36. The topological polar surface area (TPSA) is 94.1 Å². The molecule has 0 fully saturated rings. The molecule has 3 aromatic carbocycles. The SMILES string of the molecule is CO[C@@H](COC(=O)C1=C(C)NC2=C(C(=O)OC(c3c(C)cc(C)cc3C)C2)C1c1cccc(O)c1)c1ccccc1. The fourth-order valence-electron chi connectivity index (χ4n) is 6.08. The fraction of sp³-hybridized carbons (Fsp3) is 0.294. The van der Waals surface area contributed by atoms with Gasteiger partial charge in [-0.2, -0.15) is 0 Å². The van der Waals surface area contributed by atoms with Crippen LogP contribution in [0.2, 0.25) is 0 Å². The van der Waals surface area contributed by atoms with Crippen molar-refractivity contribution in [3.8, 4) is 5.75 Å². The van der Waals surface area contributed by atoms with Gasteiger partial charge >= 0.3 is 11.9 Å². The maximum absolute atomic E-state index is 13.8. The van der Waals surface area contributed by atoms with E-state index in [0.717, 1.165) is 27.8 Å². The summed E-state index contributed by atoms with van der Waals surface area (Å²) in [6, 6.07) is 20.3. The van der Waals surface area contributed by atoms with Gasteiger partial charge in [-0.25, -0.2) is 9.59 Å². The Bertz CT molecular complexity index is 1530. The summed E-state index contributed by atoms with van der Waals surface area (Å²) in [4.78, 5) is 27.5. The number of aryl methyl sites for hydroxylation is 3. The number of hydrogen-bond acceptors (Lipinski definition) is 7. The molecule has 212 valence electrons. The summed E-state index contributed by atoms with van der Waals surface area (Å²) in [6.45, 7) is 7.90. The third-order valence-corrected chi connectivity index (χ3v) is 7.81. The highest BCUT2D eigenvalue weighted by Crippen LogP contribution is 2.46. The van der Waals surface area contributed by atoms with E-state index in [0.29, 0.717) is 29.0 Å². The number of phenolic OH excluding ortho intramolecular Hbond substituents is 1. The highest BCUT2D eigenvalue weighted by Gasteiger charge is 2.43. The number of ether oxygens (including phenoxy) is 3. The minimum Gasteiger partial charge on any atom is -0.508 e. The van der Waals surface area contributed by atoms with Crippen molar-refractivity contribution in [3.05, 3.63) is 123 Å². The van der Waals surface area contributed by atoms with Crippen LogP contribution in [0.5, 0.6) is 5.75 Å². The Balaban J connectivity index is 1.50. The van der Waals surface area contributed by atoms with Crippen LogP contribution in [-0.4, -0.2) is 30.8 Å². The van der Waals surface area contributed by atoms with Gasteiger partial charge in [-0.3, -0.25) is 0 Å². The number of benzene rings is 3. The molecule has 3 aromatic rings. The lowest BCUT2D eigenvalue weighted by Gasteiger charge is -2.37. The van der Waals surface area contributed by atoms with Gasteiger partial charge in [0.15, 0.2) is 0 Å². The van der Waals surface area contributed by atoms with Crippen LogP contribution in [0.4, 0.5) is 0 Å². The van der Waals surface area contributed by atoms with Gasteiger partial charge in [-0.1, -0.05) is 60.2 Å². The molecule has 2 unspecified atom stereocenters. The highest BCUT2D eigenvalue weighted by molar-refractivity contribution is 6.00. The number of nitrogens with one attached hydrogen (secondary N) is 1. The Morgan fingerprint density at radius 2 is 1.73 bits per heavy atom. The predicted octanol–water partition coefficient (Wildman–Crippen LogP) is 6.15. The normalized spacial score (nSPS) is 19.3. The highest BCUT2D eigenvalue weighted by atomic mass is 16.6.